The predicted octanol–water partition coefficient (Wildman–Crippen LogP) is 8.66. The molecule has 0 bridgehead atoms. The number of amidine groups is 1. The standard InChI is InChI=1S/C32H24Br2Cl2N8OS2/c1-46-31-38-14-16-9-21(19-4-3-18(33)11-24(19)35)30(40-27(16)41-31)43(7-8-45)26-12-20(25(36)13-23(26)34)22-10-17-15-39-32(47-2)42-28(17)44-6-5-37-29(22)44/h3-4,9-15,45H,5-8H2,1-2H3. The number of nitrogens with zero attached hydrogens (tertiary/aromatic N) is 8. The monoisotopic (exact) mass is 828 g/mol. The molecule has 2 aliphatic heterocycles. The van der Waals surface area contributed by atoms with Crippen LogP contribution in [-0.2, 0) is 0 Å². The van der Waals surface area contributed by atoms with Gasteiger partial charge >= 0.3 is 0 Å². The van der Waals surface area contributed by atoms with Crippen molar-refractivity contribution in [1.82, 2.24) is 24.9 Å². The van der Waals surface area contributed by atoms with Crippen LogP contribution in [0.4, 0.5) is 17.3 Å². The molecule has 2 aliphatic rings. The highest BCUT2D eigenvalue weighted by atomic mass is 79.9. The summed E-state index contributed by atoms with van der Waals surface area (Å²) in [5, 5.41) is 13.6. The van der Waals surface area contributed by atoms with E-state index in [0.29, 0.717) is 44.9 Å². The maximum atomic E-state index is 10.4. The van der Waals surface area contributed by atoms with Crippen molar-refractivity contribution in [2.75, 3.05) is 48.6 Å². The predicted molar refractivity (Wildman–Crippen MR) is 202 cm³/mol. The molecule has 5 heterocycles. The highest BCUT2D eigenvalue weighted by molar-refractivity contribution is 9.10. The highest BCUT2D eigenvalue weighted by Gasteiger charge is 2.32. The van der Waals surface area contributed by atoms with Crippen molar-refractivity contribution >= 4 is 124 Å². The summed E-state index contributed by atoms with van der Waals surface area (Å²) in [4.78, 5) is 32.5. The Morgan fingerprint density at radius 1 is 0.915 bits per heavy atom. The second kappa shape index (κ2) is 13.6. The second-order valence-corrected chi connectivity index (χ2v) is 14.6. The third-order valence-corrected chi connectivity index (χ3v) is 10.6. The van der Waals surface area contributed by atoms with Crippen LogP contribution in [-0.4, -0.2) is 74.6 Å². The molecule has 0 amide bonds. The lowest BCUT2D eigenvalue weighted by atomic mass is 9.97. The second-order valence-electron chi connectivity index (χ2n) is 10.5. The number of thioether (sulfide) groups is 2. The van der Waals surface area contributed by atoms with Gasteiger partial charge in [-0.25, -0.2) is 24.9 Å². The normalized spacial score (nSPS) is 13.8. The van der Waals surface area contributed by atoms with E-state index in [9.17, 15) is 5.11 Å². The number of rotatable bonds is 8. The molecule has 0 saturated carbocycles. The molecule has 0 aliphatic carbocycles. The summed E-state index contributed by atoms with van der Waals surface area (Å²) >= 11 is 24.1. The molecule has 47 heavy (non-hydrogen) atoms. The number of fused-ring (bicyclic) bond motifs is 4. The van der Waals surface area contributed by atoms with E-state index in [-0.39, 0.29) is 13.2 Å². The smallest absolute Gasteiger partial charge is 0.189 e. The molecule has 0 radical (unpaired) electrons. The maximum absolute atomic E-state index is 10.4. The van der Waals surface area contributed by atoms with Crippen LogP contribution in [0.25, 0.3) is 33.8 Å². The number of benzene rings is 2. The Hall–Kier alpha value is -2.78. The fourth-order valence-electron chi connectivity index (χ4n) is 5.62. The third-order valence-electron chi connectivity index (χ3n) is 7.72. The molecule has 0 spiro atoms. The average Bonchev–Trinajstić information content (AvgIpc) is 3.57. The minimum absolute atomic E-state index is 0.150. The fourth-order valence-corrected chi connectivity index (χ4v) is 8.03. The number of aliphatic hydroxyl groups is 1. The van der Waals surface area contributed by atoms with E-state index in [1.807, 2.05) is 66.1 Å². The molecule has 1 N–H and O–H groups in total. The van der Waals surface area contributed by atoms with Crippen LogP contribution in [0.3, 0.4) is 0 Å². The largest absolute Gasteiger partial charge is 0.395 e. The quantitative estimate of drug-likeness (QED) is 0.121. The molecule has 9 nitrogen and oxygen atoms in total. The summed E-state index contributed by atoms with van der Waals surface area (Å²) < 4.78 is 1.57. The molecule has 0 unspecified atom stereocenters. The molecule has 7 rings (SSSR count). The Labute approximate surface area is 306 Å². The van der Waals surface area contributed by atoms with Crippen LogP contribution in [0, 0.1) is 0 Å². The van der Waals surface area contributed by atoms with E-state index >= 15 is 0 Å². The Kier molecular flexibility index (Phi) is 9.49. The molecule has 5 aromatic rings. The van der Waals surface area contributed by atoms with Crippen LogP contribution in [0.2, 0.25) is 10.0 Å². The van der Waals surface area contributed by atoms with Crippen molar-refractivity contribution in [2.45, 2.75) is 10.3 Å². The zero-order valence-corrected chi connectivity index (χ0v) is 31.2. The van der Waals surface area contributed by atoms with Crippen LogP contribution >= 0.6 is 78.6 Å². The van der Waals surface area contributed by atoms with E-state index < -0.39 is 0 Å². The summed E-state index contributed by atoms with van der Waals surface area (Å²) in [5.41, 5.74) is 5.31. The van der Waals surface area contributed by atoms with E-state index in [1.54, 1.807) is 6.20 Å². The first-order chi connectivity index (χ1) is 22.8. The molecular formula is C32H24Br2Cl2N8OS2. The number of aliphatic hydroxyl groups excluding tert-OH is 1. The van der Waals surface area contributed by atoms with E-state index in [2.05, 4.69) is 46.7 Å². The Balaban J connectivity index is 1.44. The lowest BCUT2D eigenvalue weighted by Crippen LogP contribution is -2.32. The van der Waals surface area contributed by atoms with E-state index in [0.717, 1.165) is 59.5 Å². The maximum Gasteiger partial charge on any atom is 0.189 e. The molecule has 0 atom stereocenters. The van der Waals surface area contributed by atoms with E-state index in [4.69, 9.17) is 43.1 Å². The molecule has 238 valence electrons. The van der Waals surface area contributed by atoms with Crippen molar-refractivity contribution in [2.24, 2.45) is 4.99 Å². The first-order valence-electron chi connectivity index (χ1n) is 14.3. The summed E-state index contributed by atoms with van der Waals surface area (Å²) in [6.45, 7) is 1.42. The van der Waals surface area contributed by atoms with E-state index in [1.165, 1.54) is 23.5 Å². The first kappa shape index (κ1) is 32.8. The minimum atomic E-state index is -0.150. The van der Waals surface area contributed by atoms with Gasteiger partial charge in [-0.15, -0.1) is 0 Å². The van der Waals surface area contributed by atoms with Crippen molar-refractivity contribution in [3.05, 3.63) is 78.9 Å². The van der Waals surface area contributed by atoms with Gasteiger partial charge in [0, 0.05) is 77.7 Å². The minimum Gasteiger partial charge on any atom is -0.395 e. The van der Waals surface area contributed by atoms with Crippen molar-refractivity contribution in [3.8, 4) is 11.1 Å². The van der Waals surface area contributed by atoms with Crippen molar-refractivity contribution in [1.29, 1.82) is 0 Å². The van der Waals surface area contributed by atoms with Gasteiger partial charge in [0.1, 0.15) is 17.5 Å². The van der Waals surface area contributed by atoms with Gasteiger partial charge < -0.3 is 14.9 Å². The average molecular weight is 831 g/mol. The van der Waals surface area contributed by atoms with Crippen LogP contribution in [0.1, 0.15) is 11.1 Å². The molecule has 0 saturated heterocycles. The van der Waals surface area contributed by atoms with Crippen LogP contribution < -0.4 is 9.80 Å². The Morgan fingerprint density at radius 2 is 1.68 bits per heavy atom. The van der Waals surface area contributed by atoms with Gasteiger partial charge in [-0.1, -0.05) is 68.7 Å². The number of halogens is 4. The lowest BCUT2D eigenvalue weighted by Gasteiger charge is -2.30. The lowest BCUT2D eigenvalue weighted by molar-refractivity contribution is 0.305. The summed E-state index contributed by atoms with van der Waals surface area (Å²) in [6.07, 6.45) is 9.53. The van der Waals surface area contributed by atoms with Gasteiger partial charge in [0.25, 0.3) is 0 Å². The zero-order valence-electron chi connectivity index (χ0n) is 24.9. The molecule has 15 heteroatoms. The van der Waals surface area contributed by atoms with Gasteiger partial charge in [-0.05, 0) is 64.8 Å². The SMILES string of the molecule is CSc1ncc2c(n1)N1CCN=C1C(c1cc(N(CCO)c3nc4nc(SC)ncc4cc3-c3ccc(Br)cc3Cl)c(Br)cc1Cl)=C2. The fraction of sp³-hybridized carbons (Fsp3) is 0.188. The number of pyridine rings is 1. The summed E-state index contributed by atoms with van der Waals surface area (Å²) in [6, 6.07) is 11.6. The molecule has 2 aromatic carbocycles. The van der Waals surface area contributed by atoms with Crippen molar-refractivity contribution < 1.29 is 5.11 Å². The Bertz CT molecular complexity index is 2130. The number of aliphatic imine (C=N–C) groups is 1. The highest BCUT2D eigenvalue weighted by Crippen LogP contribution is 2.45. The van der Waals surface area contributed by atoms with Crippen LogP contribution in [0.15, 0.2) is 73.0 Å². The summed E-state index contributed by atoms with van der Waals surface area (Å²) in [7, 11) is 0. The Morgan fingerprint density at radius 3 is 2.45 bits per heavy atom. The molecule has 3 aromatic heterocycles. The van der Waals surface area contributed by atoms with Gasteiger partial charge in [-0.2, -0.15) is 0 Å². The molecule has 0 fully saturated rings. The van der Waals surface area contributed by atoms with Gasteiger partial charge in [-0.3, -0.25) is 4.99 Å². The molecular weight excluding hydrogens is 807 g/mol. The first-order valence-corrected chi connectivity index (χ1v) is 19.1. The number of anilines is 3. The van der Waals surface area contributed by atoms with Crippen LogP contribution in [0.5, 0.6) is 0 Å². The third kappa shape index (κ3) is 6.16. The number of hydrogen-bond acceptors (Lipinski definition) is 11. The zero-order chi connectivity index (χ0) is 32.8. The van der Waals surface area contributed by atoms with Gasteiger partial charge in [0.05, 0.1) is 18.8 Å². The number of aromatic nitrogens is 5. The van der Waals surface area contributed by atoms with Gasteiger partial charge in [0.15, 0.2) is 16.0 Å². The topological polar surface area (TPSA) is 104 Å². The number of hydrogen-bond donors (Lipinski definition) is 1. The van der Waals surface area contributed by atoms with Gasteiger partial charge in [0.2, 0.25) is 0 Å². The van der Waals surface area contributed by atoms with Crippen molar-refractivity contribution in [3.63, 3.8) is 0 Å². The summed E-state index contributed by atoms with van der Waals surface area (Å²) in [5.74, 6) is 2.21.